The minimum absolute atomic E-state index is 0.340. The van der Waals surface area contributed by atoms with Crippen LogP contribution in [0.3, 0.4) is 0 Å². The molecule has 4 heterocycles. The molecule has 1 aliphatic heterocycles. The summed E-state index contributed by atoms with van der Waals surface area (Å²) < 4.78 is 2.24. The van der Waals surface area contributed by atoms with Crippen molar-refractivity contribution < 1.29 is 0 Å². The lowest BCUT2D eigenvalue weighted by molar-refractivity contribution is 0.313. The number of likely N-dealkylation sites (N-methyl/N-ethyl adjacent to an activating group) is 1. The first-order valence-electron chi connectivity index (χ1n) is 11.2. The molecule has 0 unspecified atom stereocenters. The third kappa shape index (κ3) is 4.03. The number of hydrogen-bond donors (Lipinski definition) is 1. The molecule has 0 saturated carbocycles. The Morgan fingerprint density at radius 2 is 1.84 bits per heavy atom. The van der Waals surface area contributed by atoms with E-state index in [0.29, 0.717) is 12.0 Å². The minimum Gasteiger partial charge on any atom is -0.369 e. The molecule has 0 spiro atoms. The molecular formula is C25H29N7. The van der Waals surface area contributed by atoms with E-state index in [9.17, 15) is 0 Å². The molecule has 0 aliphatic carbocycles. The Labute approximate surface area is 188 Å². The van der Waals surface area contributed by atoms with Gasteiger partial charge in [-0.25, -0.2) is 9.97 Å². The molecular weight excluding hydrogens is 398 g/mol. The Morgan fingerprint density at radius 3 is 2.66 bits per heavy atom. The van der Waals surface area contributed by atoms with Gasteiger partial charge in [0.05, 0.1) is 17.4 Å². The number of nitrogens with zero attached hydrogens (tertiary/aromatic N) is 6. The molecule has 7 heteroatoms. The number of hydrogen-bond acceptors (Lipinski definition) is 6. The van der Waals surface area contributed by atoms with Gasteiger partial charge in [-0.15, -0.1) is 0 Å². The fourth-order valence-corrected chi connectivity index (χ4v) is 4.27. The molecule has 1 aromatic carbocycles. The Morgan fingerprint density at radius 1 is 1.00 bits per heavy atom. The maximum atomic E-state index is 4.84. The van der Waals surface area contributed by atoms with Gasteiger partial charge in [0.1, 0.15) is 0 Å². The summed E-state index contributed by atoms with van der Waals surface area (Å²) in [4.78, 5) is 18.4. The highest BCUT2D eigenvalue weighted by atomic mass is 15.2. The maximum absolute atomic E-state index is 4.84. The van der Waals surface area contributed by atoms with Crippen molar-refractivity contribution in [1.82, 2.24) is 24.4 Å². The van der Waals surface area contributed by atoms with Crippen molar-refractivity contribution in [2.24, 2.45) is 0 Å². The van der Waals surface area contributed by atoms with Crippen LogP contribution in [0.2, 0.25) is 0 Å². The summed E-state index contributed by atoms with van der Waals surface area (Å²) in [7, 11) is 2.18. The lowest BCUT2D eigenvalue weighted by atomic mass is 10.1. The van der Waals surface area contributed by atoms with E-state index in [1.165, 1.54) is 5.69 Å². The van der Waals surface area contributed by atoms with Crippen molar-refractivity contribution in [3.8, 4) is 11.3 Å². The van der Waals surface area contributed by atoms with Gasteiger partial charge < -0.3 is 19.7 Å². The quantitative estimate of drug-likeness (QED) is 0.503. The van der Waals surface area contributed by atoms with Crippen molar-refractivity contribution in [1.29, 1.82) is 0 Å². The predicted octanol–water partition coefficient (Wildman–Crippen LogP) is 4.57. The summed E-state index contributed by atoms with van der Waals surface area (Å²) >= 11 is 0. The van der Waals surface area contributed by atoms with Gasteiger partial charge in [-0.3, -0.25) is 4.98 Å². The molecule has 164 valence electrons. The number of nitrogens with one attached hydrogen (secondary N) is 1. The van der Waals surface area contributed by atoms with Crippen LogP contribution in [0.5, 0.6) is 0 Å². The van der Waals surface area contributed by atoms with Gasteiger partial charge in [0.25, 0.3) is 0 Å². The SMILES string of the molecule is CC(C)n1cc(-c2ccnc(Nc3cccc(N4CCN(C)CC4)c3)n2)c2ccncc21. The molecule has 5 rings (SSSR count). The molecule has 0 atom stereocenters. The summed E-state index contributed by atoms with van der Waals surface area (Å²) in [5, 5.41) is 4.55. The summed E-state index contributed by atoms with van der Waals surface area (Å²) in [5.41, 5.74) is 5.32. The molecule has 32 heavy (non-hydrogen) atoms. The molecule has 1 N–H and O–H groups in total. The van der Waals surface area contributed by atoms with Gasteiger partial charge in [0.15, 0.2) is 0 Å². The van der Waals surface area contributed by atoms with E-state index in [2.05, 4.69) is 87.1 Å². The van der Waals surface area contributed by atoms with Gasteiger partial charge in [0.2, 0.25) is 5.95 Å². The van der Waals surface area contributed by atoms with Crippen LogP contribution in [0.1, 0.15) is 19.9 Å². The van der Waals surface area contributed by atoms with Gasteiger partial charge >= 0.3 is 0 Å². The molecule has 1 saturated heterocycles. The Kier molecular flexibility index (Phi) is 5.49. The fourth-order valence-electron chi connectivity index (χ4n) is 4.27. The zero-order chi connectivity index (χ0) is 22.1. The second kappa shape index (κ2) is 8.59. The number of aromatic nitrogens is 4. The summed E-state index contributed by atoms with van der Waals surface area (Å²) in [6.07, 6.45) is 7.73. The summed E-state index contributed by atoms with van der Waals surface area (Å²) in [6.45, 7) is 8.61. The normalized spacial score (nSPS) is 14.9. The first-order chi connectivity index (χ1) is 15.6. The Hall–Kier alpha value is -3.45. The van der Waals surface area contributed by atoms with E-state index in [1.54, 1.807) is 0 Å². The molecule has 1 fully saturated rings. The fraction of sp³-hybridized carbons (Fsp3) is 0.320. The standard InChI is InChI=1S/C25H29N7/c1-18(2)32-17-22(21-7-9-26-16-24(21)32)23-8-10-27-25(29-23)28-19-5-4-6-20(15-19)31-13-11-30(3)12-14-31/h4-10,15-18H,11-14H2,1-3H3,(H,27,28,29). The van der Waals surface area contributed by atoms with E-state index >= 15 is 0 Å². The van der Waals surface area contributed by atoms with Crippen LogP contribution >= 0.6 is 0 Å². The van der Waals surface area contributed by atoms with Gasteiger partial charge in [-0.05, 0) is 51.2 Å². The predicted molar refractivity (Wildman–Crippen MR) is 131 cm³/mol. The second-order valence-corrected chi connectivity index (χ2v) is 8.67. The number of fused-ring (bicyclic) bond motifs is 1. The Balaban J connectivity index is 1.43. The van der Waals surface area contributed by atoms with E-state index < -0.39 is 0 Å². The monoisotopic (exact) mass is 427 g/mol. The average molecular weight is 428 g/mol. The van der Waals surface area contributed by atoms with Crippen molar-refractivity contribution in [3.05, 3.63) is 61.2 Å². The summed E-state index contributed by atoms with van der Waals surface area (Å²) in [6, 6.07) is 12.9. The smallest absolute Gasteiger partial charge is 0.227 e. The van der Waals surface area contributed by atoms with E-state index in [1.807, 2.05) is 24.7 Å². The van der Waals surface area contributed by atoms with Crippen LogP contribution < -0.4 is 10.2 Å². The molecule has 0 radical (unpaired) electrons. The third-order valence-electron chi connectivity index (χ3n) is 6.10. The first-order valence-corrected chi connectivity index (χ1v) is 11.2. The van der Waals surface area contributed by atoms with Crippen molar-refractivity contribution >= 4 is 28.2 Å². The zero-order valence-corrected chi connectivity index (χ0v) is 18.9. The van der Waals surface area contributed by atoms with Crippen LogP contribution in [0.4, 0.5) is 17.3 Å². The van der Waals surface area contributed by atoms with E-state index in [-0.39, 0.29) is 0 Å². The van der Waals surface area contributed by atoms with Crippen LogP contribution in [0.25, 0.3) is 22.2 Å². The van der Waals surface area contributed by atoms with Crippen molar-refractivity contribution in [3.63, 3.8) is 0 Å². The number of rotatable bonds is 5. The molecule has 7 nitrogen and oxygen atoms in total. The molecule has 4 aromatic rings. The third-order valence-corrected chi connectivity index (χ3v) is 6.10. The molecule has 0 amide bonds. The first kappa shape index (κ1) is 20.5. The summed E-state index contributed by atoms with van der Waals surface area (Å²) in [5.74, 6) is 0.595. The van der Waals surface area contributed by atoms with Crippen molar-refractivity contribution in [2.75, 3.05) is 43.4 Å². The van der Waals surface area contributed by atoms with Gasteiger partial charge in [0, 0.05) is 73.1 Å². The zero-order valence-electron chi connectivity index (χ0n) is 18.9. The van der Waals surface area contributed by atoms with Crippen LogP contribution in [0, 0.1) is 0 Å². The lowest BCUT2D eigenvalue weighted by Crippen LogP contribution is -2.44. The van der Waals surface area contributed by atoms with Crippen LogP contribution in [0.15, 0.2) is 61.2 Å². The van der Waals surface area contributed by atoms with E-state index in [4.69, 9.17) is 4.98 Å². The van der Waals surface area contributed by atoms with Crippen LogP contribution in [-0.4, -0.2) is 57.6 Å². The second-order valence-electron chi connectivity index (χ2n) is 8.67. The highest BCUT2D eigenvalue weighted by molar-refractivity contribution is 5.94. The van der Waals surface area contributed by atoms with Crippen molar-refractivity contribution in [2.45, 2.75) is 19.9 Å². The minimum atomic E-state index is 0.340. The highest BCUT2D eigenvalue weighted by Crippen LogP contribution is 2.31. The average Bonchev–Trinajstić information content (AvgIpc) is 3.20. The van der Waals surface area contributed by atoms with E-state index in [0.717, 1.165) is 54.0 Å². The maximum Gasteiger partial charge on any atom is 0.227 e. The van der Waals surface area contributed by atoms with Gasteiger partial charge in [-0.1, -0.05) is 6.07 Å². The number of benzene rings is 1. The number of anilines is 3. The van der Waals surface area contributed by atoms with Gasteiger partial charge in [-0.2, -0.15) is 0 Å². The van der Waals surface area contributed by atoms with Crippen LogP contribution in [-0.2, 0) is 0 Å². The highest BCUT2D eigenvalue weighted by Gasteiger charge is 2.16. The Bertz CT molecular complexity index is 1220. The number of piperazine rings is 1. The topological polar surface area (TPSA) is 62.1 Å². The molecule has 1 aliphatic rings. The largest absolute Gasteiger partial charge is 0.369 e. The molecule has 3 aromatic heterocycles. The lowest BCUT2D eigenvalue weighted by Gasteiger charge is -2.34. The number of pyridine rings is 1. The molecule has 0 bridgehead atoms.